The monoisotopic (exact) mass is 447 g/mol. The molecule has 4 rings (SSSR count). The number of hydrogen-bond acceptors (Lipinski definition) is 3. The SMILES string of the molecule is CCC(C)c1ccc(OCCCCn2c(CCCNC(=O)C3CC3)nc3ccccc32)cc1. The highest BCUT2D eigenvalue weighted by atomic mass is 16.5. The van der Waals surface area contributed by atoms with Gasteiger partial charge in [-0.15, -0.1) is 0 Å². The smallest absolute Gasteiger partial charge is 0.223 e. The first-order chi connectivity index (χ1) is 16.2. The van der Waals surface area contributed by atoms with Crippen LogP contribution >= 0.6 is 0 Å². The molecule has 1 fully saturated rings. The Morgan fingerprint density at radius 1 is 1.12 bits per heavy atom. The molecule has 176 valence electrons. The van der Waals surface area contributed by atoms with Crippen LogP contribution in [0.1, 0.15) is 69.7 Å². The van der Waals surface area contributed by atoms with Gasteiger partial charge in [-0.3, -0.25) is 4.79 Å². The van der Waals surface area contributed by atoms with Gasteiger partial charge in [0.05, 0.1) is 17.6 Å². The van der Waals surface area contributed by atoms with Crippen LogP contribution in [0, 0.1) is 5.92 Å². The zero-order valence-electron chi connectivity index (χ0n) is 20.1. The molecule has 0 saturated heterocycles. The van der Waals surface area contributed by atoms with E-state index in [0.29, 0.717) is 5.92 Å². The van der Waals surface area contributed by atoms with E-state index in [4.69, 9.17) is 9.72 Å². The number of fused-ring (bicyclic) bond motifs is 1. The summed E-state index contributed by atoms with van der Waals surface area (Å²) in [6.45, 7) is 6.85. The number of para-hydroxylation sites is 2. The van der Waals surface area contributed by atoms with E-state index < -0.39 is 0 Å². The number of amides is 1. The van der Waals surface area contributed by atoms with Crippen molar-refractivity contribution in [3.8, 4) is 5.75 Å². The molecule has 5 heteroatoms. The van der Waals surface area contributed by atoms with E-state index in [1.807, 2.05) is 6.07 Å². The normalized spacial score (nSPS) is 14.4. The van der Waals surface area contributed by atoms with Gasteiger partial charge in [-0.05, 0) is 74.3 Å². The number of nitrogens with one attached hydrogen (secondary N) is 1. The van der Waals surface area contributed by atoms with Crippen molar-refractivity contribution in [2.75, 3.05) is 13.2 Å². The third kappa shape index (κ3) is 6.37. The number of rotatable bonds is 13. The summed E-state index contributed by atoms with van der Waals surface area (Å²) < 4.78 is 8.32. The molecule has 1 aromatic heterocycles. The van der Waals surface area contributed by atoms with E-state index in [2.05, 4.69) is 66.2 Å². The molecule has 3 aromatic rings. The van der Waals surface area contributed by atoms with Crippen LogP contribution in [0.15, 0.2) is 48.5 Å². The third-order valence-corrected chi connectivity index (χ3v) is 6.66. The minimum atomic E-state index is 0.220. The molecule has 0 radical (unpaired) electrons. The lowest BCUT2D eigenvalue weighted by Crippen LogP contribution is -2.26. The summed E-state index contributed by atoms with van der Waals surface area (Å²) >= 11 is 0. The van der Waals surface area contributed by atoms with E-state index in [0.717, 1.165) is 81.7 Å². The van der Waals surface area contributed by atoms with Crippen molar-refractivity contribution >= 4 is 16.9 Å². The summed E-state index contributed by atoms with van der Waals surface area (Å²) in [5.74, 6) is 3.14. The second-order valence-corrected chi connectivity index (χ2v) is 9.27. The van der Waals surface area contributed by atoms with E-state index in [1.54, 1.807) is 0 Å². The Hall–Kier alpha value is -2.82. The molecule has 1 saturated carbocycles. The minimum Gasteiger partial charge on any atom is -0.494 e. The summed E-state index contributed by atoms with van der Waals surface area (Å²) in [5, 5.41) is 3.06. The van der Waals surface area contributed by atoms with Crippen LogP contribution in [0.2, 0.25) is 0 Å². The fraction of sp³-hybridized carbons (Fsp3) is 0.500. The van der Waals surface area contributed by atoms with Gasteiger partial charge in [-0.2, -0.15) is 0 Å². The zero-order chi connectivity index (χ0) is 23.0. The van der Waals surface area contributed by atoms with Crippen LogP contribution in [0.4, 0.5) is 0 Å². The van der Waals surface area contributed by atoms with Crippen LogP contribution in [0.3, 0.4) is 0 Å². The van der Waals surface area contributed by atoms with E-state index in [-0.39, 0.29) is 11.8 Å². The van der Waals surface area contributed by atoms with Gasteiger partial charge in [-0.1, -0.05) is 38.1 Å². The van der Waals surface area contributed by atoms with Crippen LogP contribution in [-0.4, -0.2) is 28.6 Å². The predicted octanol–water partition coefficient (Wildman–Crippen LogP) is 5.87. The van der Waals surface area contributed by atoms with Crippen LogP contribution in [-0.2, 0) is 17.8 Å². The molecule has 1 amide bonds. The number of carbonyl (C=O) groups is 1. The van der Waals surface area contributed by atoms with E-state index in [9.17, 15) is 4.79 Å². The maximum absolute atomic E-state index is 11.8. The highest BCUT2D eigenvalue weighted by Gasteiger charge is 2.29. The number of imidazole rings is 1. The number of aryl methyl sites for hydroxylation is 2. The topological polar surface area (TPSA) is 56.1 Å². The molecule has 2 aromatic carbocycles. The van der Waals surface area contributed by atoms with Crippen LogP contribution < -0.4 is 10.1 Å². The van der Waals surface area contributed by atoms with Gasteiger partial charge in [0.1, 0.15) is 11.6 Å². The van der Waals surface area contributed by atoms with Crippen molar-refractivity contribution < 1.29 is 9.53 Å². The standard InChI is InChI=1S/C28H37N3O2/c1-3-21(2)22-14-16-24(17-15-22)33-20-7-6-19-31-26-10-5-4-9-25(26)30-27(31)11-8-18-29-28(32)23-12-13-23/h4-5,9-10,14-17,21,23H,3,6-8,11-13,18-20H2,1-2H3,(H,29,32). The molecular formula is C28H37N3O2. The lowest BCUT2D eigenvalue weighted by Gasteiger charge is -2.12. The number of ether oxygens (including phenoxy) is 1. The maximum Gasteiger partial charge on any atom is 0.223 e. The Bertz CT molecular complexity index is 1040. The molecule has 0 spiro atoms. The fourth-order valence-corrected chi connectivity index (χ4v) is 4.20. The molecular weight excluding hydrogens is 410 g/mol. The lowest BCUT2D eigenvalue weighted by molar-refractivity contribution is -0.122. The van der Waals surface area contributed by atoms with Gasteiger partial charge in [0.2, 0.25) is 5.91 Å². The predicted molar refractivity (Wildman–Crippen MR) is 134 cm³/mol. The van der Waals surface area contributed by atoms with Crippen molar-refractivity contribution in [2.24, 2.45) is 5.92 Å². The average Bonchev–Trinajstić information content (AvgIpc) is 3.64. The summed E-state index contributed by atoms with van der Waals surface area (Å²) in [5.41, 5.74) is 3.61. The van der Waals surface area contributed by atoms with E-state index in [1.165, 1.54) is 11.1 Å². The fourth-order valence-electron chi connectivity index (χ4n) is 4.20. The lowest BCUT2D eigenvalue weighted by atomic mass is 9.99. The summed E-state index contributed by atoms with van der Waals surface area (Å²) in [6.07, 6.45) is 7.08. The van der Waals surface area contributed by atoms with Gasteiger partial charge in [0.15, 0.2) is 0 Å². The van der Waals surface area contributed by atoms with Crippen molar-refractivity contribution in [2.45, 2.75) is 71.3 Å². The van der Waals surface area contributed by atoms with Crippen LogP contribution in [0.5, 0.6) is 5.75 Å². The second kappa shape index (κ2) is 11.4. The first-order valence-corrected chi connectivity index (χ1v) is 12.6. The van der Waals surface area contributed by atoms with Gasteiger partial charge < -0.3 is 14.6 Å². The third-order valence-electron chi connectivity index (χ3n) is 6.66. The van der Waals surface area contributed by atoms with Crippen molar-refractivity contribution in [3.05, 3.63) is 59.9 Å². The molecule has 0 bridgehead atoms. The number of carbonyl (C=O) groups excluding carboxylic acids is 1. The molecule has 1 aliphatic rings. The van der Waals surface area contributed by atoms with Crippen molar-refractivity contribution in [1.29, 1.82) is 0 Å². The average molecular weight is 448 g/mol. The maximum atomic E-state index is 11.8. The molecule has 1 N–H and O–H groups in total. The molecule has 33 heavy (non-hydrogen) atoms. The van der Waals surface area contributed by atoms with Gasteiger partial charge in [-0.25, -0.2) is 4.98 Å². The first-order valence-electron chi connectivity index (χ1n) is 12.6. The number of unbranched alkanes of at least 4 members (excludes halogenated alkanes) is 1. The number of hydrogen-bond donors (Lipinski definition) is 1. The molecule has 1 unspecified atom stereocenters. The minimum absolute atomic E-state index is 0.220. The highest BCUT2D eigenvalue weighted by molar-refractivity contribution is 5.80. The summed E-state index contributed by atoms with van der Waals surface area (Å²) in [6, 6.07) is 16.9. The highest BCUT2D eigenvalue weighted by Crippen LogP contribution is 2.28. The number of benzene rings is 2. The Morgan fingerprint density at radius 3 is 2.67 bits per heavy atom. The summed E-state index contributed by atoms with van der Waals surface area (Å²) in [7, 11) is 0. The summed E-state index contributed by atoms with van der Waals surface area (Å²) in [4.78, 5) is 16.7. The number of nitrogens with zero attached hydrogens (tertiary/aromatic N) is 2. The Morgan fingerprint density at radius 2 is 1.91 bits per heavy atom. The molecule has 5 nitrogen and oxygen atoms in total. The van der Waals surface area contributed by atoms with Crippen molar-refractivity contribution in [1.82, 2.24) is 14.9 Å². The van der Waals surface area contributed by atoms with E-state index >= 15 is 0 Å². The van der Waals surface area contributed by atoms with Crippen molar-refractivity contribution in [3.63, 3.8) is 0 Å². The van der Waals surface area contributed by atoms with Crippen LogP contribution in [0.25, 0.3) is 11.0 Å². The quantitative estimate of drug-likeness (QED) is 0.334. The Labute approximate surface area is 197 Å². The first kappa shape index (κ1) is 23.3. The molecule has 0 aliphatic heterocycles. The largest absolute Gasteiger partial charge is 0.494 e. The van der Waals surface area contributed by atoms with Gasteiger partial charge in [0, 0.05) is 25.4 Å². The zero-order valence-corrected chi connectivity index (χ0v) is 20.1. The molecule has 1 aliphatic carbocycles. The Balaban J connectivity index is 1.25. The van der Waals surface area contributed by atoms with Gasteiger partial charge in [0.25, 0.3) is 0 Å². The second-order valence-electron chi connectivity index (χ2n) is 9.27. The number of aromatic nitrogens is 2. The van der Waals surface area contributed by atoms with Gasteiger partial charge >= 0.3 is 0 Å². The molecule has 1 heterocycles. The Kier molecular flexibility index (Phi) is 8.03. The molecule has 1 atom stereocenters.